The van der Waals surface area contributed by atoms with E-state index in [0.717, 1.165) is 30.6 Å². The lowest BCUT2D eigenvalue weighted by atomic mass is 10.0. The Bertz CT molecular complexity index is 513. The Balaban J connectivity index is 2.03. The van der Waals surface area contributed by atoms with Gasteiger partial charge in [0.05, 0.1) is 19.8 Å². The summed E-state index contributed by atoms with van der Waals surface area (Å²) in [6, 6.07) is 6.92. The number of methoxy groups -OCH3 is 1. The van der Waals surface area contributed by atoms with Gasteiger partial charge in [-0.15, -0.1) is 0 Å². The van der Waals surface area contributed by atoms with Crippen LogP contribution in [0.25, 0.3) is 0 Å². The van der Waals surface area contributed by atoms with Crippen LogP contribution in [0.15, 0.2) is 36.4 Å². The lowest BCUT2D eigenvalue weighted by molar-refractivity contribution is 0.148. The first-order valence-electron chi connectivity index (χ1n) is 7.60. The second-order valence-corrected chi connectivity index (χ2v) is 5.50. The predicted octanol–water partition coefficient (Wildman–Crippen LogP) is 2.48. The summed E-state index contributed by atoms with van der Waals surface area (Å²) >= 11 is 0. The van der Waals surface area contributed by atoms with Gasteiger partial charge in [0, 0.05) is 13.1 Å². The standard InChI is InChI=1S/C17H24N2O3/c1-19(17(21)18-14-6-4-3-5-7-14)16(12-20)13-8-10-15(22-2)11-9-13/h4,6,8-11,14,16,20H,3,5,7,12H2,1-2H3,(H,18,21). The highest BCUT2D eigenvalue weighted by atomic mass is 16.5. The molecule has 0 aliphatic heterocycles. The fraction of sp³-hybridized carbons (Fsp3) is 0.471. The van der Waals surface area contributed by atoms with Crippen LogP contribution in [0.3, 0.4) is 0 Å². The summed E-state index contributed by atoms with van der Waals surface area (Å²) in [7, 11) is 3.31. The fourth-order valence-electron chi connectivity index (χ4n) is 2.61. The predicted molar refractivity (Wildman–Crippen MR) is 85.9 cm³/mol. The van der Waals surface area contributed by atoms with Gasteiger partial charge in [0.1, 0.15) is 5.75 Å². The second-order valence-electron chi connectivity index (χ2n) is 5.50. The van der Waals surface area contributed by atoms with Crippen molar-refractivity contribution in [1.29, 1.82) is 0 Å². The largest absolute Gasteiger partial charge is 0.497 e. The first-order chi connectivity index (χ1) is 10.7. The van der Waals surface area contributed by atoms with E-state index in [1.807, 2.05) is 30.3 Å². The van der Waals surface area contributed by atoms with Crippen molar-refractivity contribution in [3.05, 3.63) is 42.0 Å². The highest BCUT2D eigenvalue weighted by Gasteiger charge is 2.22. The van der Waals surface area contributed by atoms with Crippen molar-refractivity contribution < 1.29 is 14.6 Å². The van der Waals surface area contributed by atoms with Gasteiger partial charge in [0.2, 0.25) is 0 Å². The van der Waals surface area contributed by atoms with Crippen LogP contribution in [0.4, 0.5) is 4.79 Å². The Labute approximate surface area is 131 Å². The summed E-state index contributed by atoms with van der Waals surface area (Å²) in [5.74, 6) is 0.750. The average Bonchev–Trinajstić information content (AvgIpc) is 2.57. The van der Waals surface area contributed by atoms with Gasteiger partial charge in [-0.1, -0.05) is 24.3 Å². The number of nitrogens with zero attached hydrogens (tertiary/aromatic N) is 1. The molecule has 0 spiro atoms. The number of hydrogen-bond acceptors (Lipinski definition) is 3. The van der Waals surface area contributed by atoms with Gasteiger partial charge in [-0.05, 0) is 37.0 Å². The van der Waals surface area contributed by atoms with Crippen molar-refractivity contribution in [2.45, 2.75) is 31.3 Å². The number of aliphatic hydroxyl groups excluding tert-OH is 1. The van der Waals surface area contributed by atoms with E-state index in [4.69, 9.17) is 4.74 Å². The van der Waals surface area contributed by atoms with Gasteiger partial charge < -0.3 is 20.1 Å². The molecule has 2 amide bonds. The molecule has 22 heavy (non-hydrogen) atoms. The molecular weight excluding hydrogens is 280 g/mol. The zero-order chi connectivity index (χ0) is 15.9. The Morgan fingerprint density at radius 1 is 1.45 bits per heavy atom. The summed E-state index contributed by atoms with van der Waals surface area (Å²) in [4.78, 5) is 13.9. The lowest BCUT2D eigenvalue weighted by Gasteiger charge is -2.29. The summed E-state index contributed by atoms with van der Waals surface area (Å²) < 4.78 is 5.13. The highest BCUT2D eigenvalue weighted by molar-refractivity contribution is 5.75. The fourth-order valence-corrected chi connectivity index (χ4v) is 2.61. The van der Waals surface area contributed by atoms with Crippen LogP contribution < -0.4 is 10.1 Å². The zero-order valence-electron chi connectivity index (χ0n) is 13.2. The van der Waals surface area contributed by atoms with E-state index >= 15 is 0 Å². The van der Waals surface area contributed by atoms with Crippen molar-refractivity contribution in [2.75, 3.05) is 20.8 Å². The molecule has 0 saturated carbocycles. The maximum Gasteiger partial charge on any atom is 0.318 e. The van der Waals surface area contributed by atoms with Gasteiger partial charge in [-0.2, -0.15) is 0 Å². The quantitative estimate of drug-likeness (QED) is 0.822. The molecule has 2 rings (SSSR count). The van der Waals surface area contributed by atoms with Crippen molar-refractivity contribution in [2.24, 2.45) is 0 Å². The maximum atomic E-state index is 12.4. The van der Waals surface area contributed by atoms with E-state index in [1.54, 1.807) is 19.1 Å². The van der Waals surface area contributed by atoms with Crippen LogP contribution in [0.5, 0.6) is 5.75 Å². The summed E-state index contributed by atoms with van der Waals surface area (Å²) in [5, 5.41) is 12.7. The number of amides is 2. The van der Waals surface area contributed by atoms with Crippen molar-refractivity contribution in [3.8, 4) is 5.75 Å². The van der Waals surface area contributed by atoms with Crippen molar-refractivity contribution >= 4 is 6.03 Å². The molecule has 0 heterocycles. The highest BCUT2D eigenvalue weighted by Crippen LogP contribution is 2.22. The van der Waals surface area contributed by atoms with Crippen LogP contribution in [0, 0.1) is 0 Å². The third-order valence-electron chi connectivity index (χ3n) is 4.02. The average molecular weight is 304 g/mol. The molecule has 120 valence electrons. The lowest BCUT2D eigenvalue weighted by Crippen LogP contribution is -2.45. The molecule has 2 unspecified atom stereocenters. The summed E-state index contributed by atoms with van der Waals surface area (Å²) in [6.45, 7) is -0.128. The van der Waals surface area contributed by atoms with E-state index in [9.17, 15) is 9.90 Å². The van der Waals surface area contributed by atoms with E-state index in [1.165, 1.54) is 0 Å². The van der Waals surface area contributed by atoms with E-state index < -0.39 is 0 Å². The van der Waals surface area contributed by atoms with Crippen LogP contribution >= 0.6 is 0 Å². The molecule has 1 aromatic rings. The topological polar surface area (TPSA) is 61.8 Å². The molecule has 1 aromatic carbocycles. The third-order valence-corrected chi connectivity index (χ3v) is 4.02. The second kappa shape index (κ2) is 7.84. The molecule has 2 atom stereocenters. The molecule has 1 aliphatic rings. The molecule has 2 N–H and O–H groups in total. The van der Waals surface area contributed by atoms with Crippen molar-refractivity contribution in [1.82, 2.24) is 10.2 Å². The molecule has 5 nitrogen and oxygen atoms in total. The van der Waals surface area contributed by atoms with Crippen molar-refractivity contribution in [3.63, 3.8) is 0 Å². The number of aliphatic hydroxyl groups is 1. The number of allylic oxidation sites excluding steroid dienone is 1. The molecule has 0 radical (unpaired) electrons. The molecular formula is C17H24N2O3. The van der Waals surface area contributed by atoms with Crippen LogP contribution in [0.2, 0.25) is 0 Å². The van der Waals surface area contributed by atoms with Gasteiger partial charge >= 0.3 is 6.03 Å². The maximum absolute atomic E-state index is 12.4. The van der Waals surface area contributed by atoms with E-state index in [0.29, 0.717) is 0 Å². The number of likely N-dealkylation sites (N-methyl/N-ethyl adjacent to an activating group) is 1. The SMILES string of the molecule is COc1ccc(C(CO)N(C)C(=O)NC2C=CCCC2)cc1. The van der Waals surface area contributed by atoms with Crippen LogP contribution in [-0.4, -0.2) is 42.8 Å². The first-order valence-corrected chi connectivity index (χ1v) is 7.60. The first kappa shape index (κ1) is 16.4. The smallest absolute Gasteiger partial charge is 0.318 e. The molecule has 5 heteroatoms. The molecule has 0 saturated heterocycles. The number of nitrogens with one attached hydrogen (secondary N) is 1. The van der Waals surface area contributed by atoms with Crippen LogP contribution in [-0.2, 0) is 0 Å². The molecule has 0 aromatic heterocycles. The van der Waals surface area contributed by atoms with Gasteiger partial charge in [-0.25, -0.2) is 4.79 Å². The number of carbonyl (C=O) groups is 1. The molecule has 0 fully saturated rings. The minimum Gasteiger partial charge on any atom is -0.497 e. The van der Waals surface area contributed by atoms with E-state index in [-0.39, 0.29) is 24.7 Å². The summed E-state index contributed by atoms with van der Waals surface area (Å²) in [5.41, 5.74) is 0.875. The Kier molecular flexibility index (Phi) is 5.83. The van der Waals surface area contributed by atoms with E-state index in [2.05, 4.69) is 11.4 Å². The minimum absolute atomic E-state index is 0.0823. The number of benzene rings is 1. The zero-order valence-corrected chi connectivity index (χ0v) is 13.2. The van der Waals surface area contributed by atoms with Gasteiger partial charge in [0.25, 0.3) is 0 Å². The Morgan fingerprint density at radius 2 is 2.18 bits per heavy atom. The van der Waals surface area contributed by atoms with Crippen LogP contribution in [0.1, 0.15) is 30.9 Å². The number of ether oxygens (including phenoxy) is 1. The molecule has 0 bridgehead atoms. The third kappa shape index (κ3) is 4.01. The molecule has 1 aliphatic carbocycles. The summed E-state index contributed by atoms with van der Waals surface area (Å²) in [6.07, 6.45) is 7.26. The number of carbonyl (C=O) groups excluding carboxylic acids is 1. The number of urea groups is 1. The number of hydrogen-bond donors (Lipinski definition) is 2. The Morgan fingerprint density at radius 3 is 2.73 bits per heavy atom. The monoisotopic (exact) mass is 304 g/mol. The Hall–Kier alpha value is -2.01. The van der Waals surface area contributed by atoms with Gasteiger partial charge in [0.15, 0.2) is 0 Å². The normalized spacial score (nSPS) is 18.6. The number of rotatable bonds is 5. The minimum atomic E-state index is -0.376. The van der Waals surface area contributed by atoms with Gasteiger partial charge in [-0.3, -0.25) is 0 Å².